The maximum absolute atomic E-state index is 13.6. The third-order valence-corrected chi connectivity index (χ3v) is 3.03. The lowest BCUT2D eigenvalue weighted by Crippen LogP contribution is -2.25. The summed E-state index contributed by atoms with van der Waals surface area (Å²) in [5, 5.41) is 4.04. The Labute approximate surface area is 117 Å². The lowest BCUT2D eigenvalue weighted by molar-refractivity contribution is 0.0559. The van der Waals surface area contributed by atoms with Gasteiger partial charge in [-0.15, -0.1) is 0 Å². The molecule has 1 unspecified atom stereocenters. The van der Waals surface area contributed by atoms with Gasteiger partial charge in [-0.05, 0) is 18.7 Å². The van der Waals surface area contributed by atoms with Gasteiger partial charge in [0.05, 0.1) is 25.9 Å². The first-order chi connectivity index (χ1) is 9.76. The van der Waals surface area contributed by atoms with Crippen molar-refractivity contribution >= 4 is 11.0 Å². The molecule has 2 rings (SSSR count). The zero-order valence-electron chi connectivity index (χ0n) is 11.8. The molecule has 20 heavy (non-hydrogen) atoms. The number of hydrogen-bond acceptors (Lipinski definition) is 4. The first-order valence-corrected chi connectivity index (χ1v) is 6.74. The zero-order valence-corrected chi connectivity index (χ0v) is 11.8. The van der Waals surface area contributed by atoms with Crippen molar-refractivity contribution in [1.82, 2.24) is 5.32 Å². The normalized spacial score (nSPS) is 12.9. The van der Waals surface area contributed by atoms with E-state index in [0.717, 1.165) is 11.9 Å². The van der Waals surface area contributed by atoms with Crippen LogP contribution in [0.4, 0.5) is 4.39 Å². The quantitative estimate of drug-likeness (QED) is 0.756. The van der Waals surface area contributed by atoms with E-state index in [-0.39, 0.29) is 11.9 Å². The fourth-order valence-corrected chi connectivity index (χ4v) is 2.05. The summed E-state index contributed by atoms with van der Waals surface area (Å²) in [5.74, 6) is 0.341. The Kier molecular flexibility index (Phi) is 5.52. The van der Waals surface area contributed by atoms with Gasteiger partial charge in [-0.3, -0.25) is 0 Å². The Morgan fingerprint density at radius 1 is 1.35 bits per heavy atom. The average Bonchev–Trinajstić information content (AvgIpc) is 2.88. The highest BCUT2D eigenvalue weighted by Crippen LogP contribution is 2.26. The van der Waals surface area contributed by atoms with Crippen LogP contribution >= 0.6 is 0 Å². The monoisotopic (exact) mass is 281 g/mol. The van der Waals surface area contributed by atoms with Gasteiger partial charge in [-0.2, -0.15) is 0 Å². The first kappa shape index (κ1) is 15.0. The van der Waals surface area contributed by atoms with Crippen molar-refractivity contribution < 1.29 is 18.3 Å². The van der Waals surface area contributed by atoms with Crippen LogP contribution in [0, 0.1) is 5.82 Å². The number of ether oxygens (including phenoxy) is 2. The number of furan rings is 1. The molecule has 2 aromatic rings. The highest BCUT2D eigenvalue weighted by molar-refractivity contribution is 5.78. The summed E-state index contributed by atoms with van der Waals surface area (Å²) < 4.78 is 29.7. The molecule has 4 nitrogen and oxygen atoms in total. The van der Waals surface area contributed by atoms with Crippen LogP contribution in [0.2, 0.25) is 0 Å². The molecule has 1 aromatic heterocycles. The fraction of sp³-hybridized carbons (Fsp3) is 0.467. The van der Waals surface area contributed by atoms with Crippen molar-refractivity contribution in [3.05, 3.63) is 35.8 Å². The van der Waals surface area contributed by atoms with E-state index in [1.807, 2.05) is 19.1 Å². The minimum atomic E-state index is -0.343. The van der Waals surface area contributed by atoms with Crippen molar-refractivity contribution in [1.29, 1.82) is 0 Å². The summed E-state index contributed by atoms with van der Waals surface area (Å²) in [4.78, 5) is 0. The summed E-state index contributed by atoms with van der Waals surface area (Å²) in [6, 6.07) is 6.66. The summed E-state index contributed by atoms with van der Waals surface area (Å²) in [5.41, 5.74) is 0.294. The predicted molar refractivity (Wildman–Crippen MR) is 75.3 cm³/mol. The number of likely N-dealkylation sites (N-methyl/N-ethyl adjacent to an activating group) is 1. The van der Waals surface area contributed by atoms with Gasteiger partial charge in [0.15, 0.2) is 11.4 Å². The van der Waals surface area contributed by atoms with Gasteiger partial charge < -0.3 is 19.2 Å². The third-order valence-electron chi connectivity index (χ3n) is 3.03. The van der Waals surface area contributed by atoms with Crippen molar-refractivity contribution in [2.24, 2.45) is 0 Å². The van der Waals surface area contributed by atoms with Crippen LogP contribution < -0.4 is 5.32 Å². The number of benzene rings is 1. The number of rotatable bonds is 8. The maximum Gasteiger partial charge on any atom is 0.169 e. The molecule has 0 saturated heterocycles. The summed E-state index contributed by atoms with van der Waals surface area (Å²) in [6.45, 7) is 4.31. The Morgan fingerprint density at radius 2 is 2.20 bits per heavy atom. The fourth-order valence-electron chi connectivity index (χ4n) is 2.05. The van der Waals surface area contributed by atoms with Crippen LogP contribution in [0.25, 0.3) is 11.0 Å². The average molecular weight is 281 g/mol. The van der Waals surface area contributed by atoms with E-state index in [4.69, 9.17) is 13.9 Å². The molecule has 0 fully saturated rings. The van der Waals surface area contributed by atoms with Gasteiger partial charge in [0.2, 0.25) is 0 Å². The van der Waals surface area contributed by atoms with Gasteiger partial charge in [0, 0.05) is 12.5 Å². The van der Waals surface area contributed by atoms with E-state index >= 15 is 0 Å². The first-order valence-electron chi connectivity index (χ1n) is 6.74. The summed E-state index contributed by atoms with van der Waals surface area (Å²) >= 11 is 0. The van der Waals surface area contributed by atoms with E-state index in [2.05, 4.69) is 5.32 Å². The standard InChI is InChI=1S/C15H20FNO3/c1-3-17-13(10-19-8-7-18-2)14-9-11-5-4-6-12(16)15(11)20-14/h4-6,9,13,17H,3,7-8,10H2,1-2H3. The second-order valence-electron chi connectivity index (χ2n) is 4.48. The molecular weight excluding hydrogens is 261 g/mol. The van der Waals surface area contributed by atoms with Crippen molar-refractivity contribution in [3.8, 4) is 0 Å². The molecule has 0 radical (unpaired) electrons. The molecule has 0 amide bonds. The zero-order chi connectivity index (χ0) is 14.4. The van der Waals surface area contributed by atoms with Crippen molar-refractivity contribution in [2.45, 2.75) is 13.0 Å². The molecule has 0 aliphatic carbocycles. The number of methoxy groups -OCH3 is 1. The molecule has 110 valence electrons. The number of nitrogens with one attached hydrogen (secondary N) is 1. The Balaban J connectivity index is 2.12. The summed E-state index contributed by atoms with van der Waals surface area (Å²) in [6.07, 6.45) is 0. The van der Waals surface area contributed by atoms with E-state index in [1.165, 1.54) is 6.07 Å². The SMILES string of the molecule is CCNC(COCCOC)c1cc2cccc(F)c2o1. The van der Waals surface area contributed by atoms with Gasteiger partial charge in [0.1, 0.15) is 5.76 Å². The smallest absolute Gasteiger partial charge is 0.169 e. The Hall–Kier alpha value is -1.43. The second kappa shape index (κ2) is 7.38. The predicted octanol–water partition coefficient (Wildman–Crippen LogP) is 2.89. The van der Waals surface area contributed by atoms with Crippen LogP contribution in [0.5, 0.6) is 0 Å². The second-order valence-corrected chi connectivity index (χ2v) is 4.48. The molecule has 0 saturated carbocycles. The van der Waals surface area contributed by atoms with Gasteiger partial charge in [-0.25, -0.2) is 4.39 Å². The third kappa shape index (κ3) is 3.56. The minimum Gasteiger partial charge on any atom is -0.456 e. The molecule has 0 aliphatic heterocycles. The highest BCUT2D eigenvalue weighted by atomic mass is 19.1. The van der Waals surface area contributed by atoms with Crippen LogP contribution in [-0.4, -0.2) is 33.5 Å². The van der Waals surface area contributed by atoms with Gasteiger partial charge in [-0.1, -0.05) is 19.1 Å². The van der Waals surface area contributed by atoms with Crippen molar-refractivity contribution in [3.63, 3.8) is 0 Å². The summed E-state index contributed by atoms with van der Waals surface area (Å²) in [7, 11) is 1.63. The van der Waals surface area contributed by atoms with Crippen LogP contribution in [0.15, 0.2) is 28.7 Å². The van der Waals surface area contributed by atoms with E-state index < -0.39 is 0 Å². The highest BCUT2D eigenvalue weighted by Gasteiger charge is 2.17. The number of halogens is 1. The van der Waals surface area contributed by atoms with E-state index in [0.29, 0.717) is 31.2 Å². The maximum atomic E-state index is 13.6. The number of para-hydroxylation sites is 1. The molecule has 0 aliphatic rings. The largest absolute Gasteiger partial charge is 0.456 e. The molecule has 0 spiro atoms. The van der Waals surface area contributed by atoms with Gasteiger partial charge in [0.25, 0.3) is 0 Å². The Bertz CT molecular complexity index is 541. The molecule has 1 aromatic carbocycles. The molecule has 1 heterocycles. The lowest BCUT2D eigenvalue weighted by Gasteiger charge is -2.15. The van der Waals surface area contributed by atoms with Crippen LogP contribution in [0.3, 0.4) is 0 Å². The molecule has 5 heteroatoms. The van der Waals surface area contributed by atoms with Crippen molar-refractivity contribution in [2.75, 3.05) is 33.5 Å². The van der Waals surface area contributed by atoms with Crippen LogP contribution in [-0.2, 0) is 9.47 Å². The van der Waals surface area contributed by atoms with Gasteiger partial charge >= 0.3 is 0 Å². The molecule has 0 bridgehead atoms. The lowest BCUT2D eigenvalue weighted by atomic mass is 10.2. The molecule has 1 N–H and O–H groups in total. The number of fused-ring (bicyclic) bond motifs is 1. The van der Waals surface area contributed by atoms with Crippen LogP contribution in [0.1, 0.15) is 18.7 Å². The molecular formula is C15H20FNO3. The minimum absolute atomic E-state index is 0.0938. The molecule has 1 atom stereocenters. The Morgan fingerprint density at radius 3 is 2.90 bits per heavy atom. The number of hydrogen-bond donors (Lipinski definition) is 1. The van der Waals surface area contributed by atoms with E-state index in [9.17, 15) is 4.39 Å². The topological polar surface area (TPSA) is 43.6 Å². The van der Waals surface area contributed by atoms with E-state index in [1.54, 1.807) is 13.2 Å².